The molecule has 5 aromatic rings. The van der Waals surface area contributed by atoms with Crippen molar-refractivity contribution in [2.75, 3.05) is 49.6 Å². The van der Waals surface area contributed by atoms with Gasteiger partial charge in [-0.1, -0.05) is 6.07 Å². The lowest BCUT2D eigenvalue weighted by molar-refractivity contribution is 0.0664. The van der Waals surface area contributed by atoms with Crippen molar-refractivity contribution in [1.82, 2.24) is 24.8 Å². The summed E-state index contributed by atoms with van der Waals surface area (Å²) < 4.78 is 14.3. The number of pyridine rings is 1. The SMILES string of the molecule is C=C.CN1CCN(C(=O)c2ccc(NC(=O)Nc3ccc(-c4nc(N)c5ccc(-c6cccnc6F)cc5n4)cc3)cc2)CC1.O.[HH].[HH]. The Kier molecular flexibility index (Phi) is 10.7. The number of amides is 3. The fourth-order valence-electron chi connectivity index (χ4n) is 4.94. The quantitative estimate of drug-likeness (QED) is 0.169. The average Bonchev–Trinajstić information content (AvgIpc) is 3.06. The standard InChI is InChI=1S/C32H29FN8O2.C2H4.H2O.2H2/c1-40-15-17-41(18-16-40)31(42)21-6-11-24(12-7-21)37-32(43)36-23-9-4-20(5-10-23)30-38-27-19-22(8-13-26(27)29(34)39-30)25-3-2-14-35-28(25)33;1-2;;;/h2-14,19H,15-18H2,1H3,(H2,34,38,39)(H2,36,37,43);1-2H2;1H2;2*1H. The molecule has 3 aromatic carbocycles. The number of nitrogen functional groups attached to an aromatic ring is 1. The lowest BCUT2D eigenvalue weighted by atomic mass is 10.0. The topological polar surface area (TPSA) is 161 Å². The van der Waals surface area contributed by atoms with Gasteiger partial charge in [0.05, 0.1) is 5.52 Å². The lowest BCUT2D eigenvalue weighted by Crippen LogP contribution is -2.47. The molecule has 2 aromatic heterocycles. The Balaban J connectivity index is 0.00000157. The monoisotopic (exact) mass is 626 g/mol. The number of nitrogens with one attached hydrogen (secondary N) is 2. The van der Waals surface area contributed by atoms with Crippen LogP contribution in [0.4, 0.5) is 26.4 Å². The van der Waals surface area contributed by atoms with E-state index in [4.69, 9.17) is 5.73 Å². The molecule has 6 rings (SSSR count). The summed E-state index contributed by atoms with van der Waals surface area (Å²) in [7, 11) is 2.04. The molecule has 46 heavy (non-hydrogen) atoms. The Morgan fingerprint density at radius 3 is 2.11 bits per heavy atom. The van der Waals surface area contributed by atoms with Crippen molar-refractivity contribution in [3.63, 3.8) is 0 Å². The fourth-order valence-corrected chi connectivity index (χ4v) is 4.94. The number of hydrogen-bond acceptors (Lipinski definition) is 7. The highest BCUT2D eigenvalue weighted by Crippen LogP contribution is 2.29. The third-order valence-corrected chi connectivity index (χ3v) is 7.38. The van der Waals surface area contributed by atoms with E-state index >= 15 is 0 Å². The first kappa shape index (κ1) is 33.2. The summed E-state index contributed by atoms with van der Waals surface area (Å²) in [6.07, 6.45) is 1.40. The molecule has 12 heteroatoms. The third-order valence-electron chi connectivity index (χ3n) is 7.38. The van der Waals surface area contributed by atoms with Crippen LogP contribution in [0, 0.1) is 5.95 Å². The highest BCUT2D eigenvalue weighted by Gasteiger charge is 2.20. The number of piperazine rings is 1. The maximum atomic E-state index is 14.3. The van der Waals surface area contributed by atoms with Gasteiger partial charge in [0.2, 0.25) is 5.95 Å². The minimum absolute atomic E-state index is 0. The van der Waals surface area contributed by atoms with E-state index in [1.54, 1.807) is 78.9 Å². The van der Waals surface area contributed by atoms with E-state index in [9.17, 15) is 14.0 Å². The molecule has 240 valence electrons. The molecule has 0 radical (unpaired) electrons. The van der Waals surface area contributed by atoms with Crippen molar-refractivity contribution in [3.05, 3.63) is 110 Å². The molecule has 0 atom stereocenters. The average molecular weight is 627 g/mol. The van der Waals surface area contributed by atoms with Crippen LogP contribution in [0.1, 0.15) is 13.2 Å². The summed E-state index contributed by atoms with van der Waals surface area (Å²) in [5, 5.41) is 6.24. The van der Waals surface area contributed by atoms with Crippen LogP contribution < -0.4 is 16.4 Å². The van der Waals surface area contributed by atoms with E-state index in [0.29, 0.717) is 69.3 Å². The number of carbonyl (C=O) groups is 2. The van der Waals surface area contributed by atoms with Crippen molar-refractivity contribution in [1.29, 1.82) is 0 Å². The molecule has 1 aliphatic heterocycles. The highest BCUT2D eigenvalue weighted by atomic mass is 19.1. The number of aromatic nitrogens is 3. The number of likely N-dealkylation sites (N-methyl/N-ethyl adjacent to an activating group) is 1. The molecular formula is C34H39FN8O3. The van der Waals surface area contributed by atoms with Crippen LogP contribution in [0.3, 0.4) is 0 Å². The molecule has 0 spiro atoms. The fraction of sp³-hybridized carbons (Fsp3) is 0.147. The van der Waals surface area contributed by atoms with Crippen LogP contribution in [-0.2, 0) is 0 Å². The molecular weight excluding hydrogens is 587 g/mol. The number of nitrogens with two attached hydrogens (primary N) is 1. The molecule has 0 aliphatic carbocycles. The van der Waals surface area contributed by atoms with Gasteiger partial charge in [0.25, 0.3) is 5.91 Å². The predicted molar refractivity (Wildman–Crippen MR) is 184 cm³/mol. The molecule has 0 unspecified atom stereocenters. The molecule has 1 saturated heterocycles. The van der Waals surface area contributed by atoms with Gasteiger partial charge in [0, 0.05) is 68.7 Å². The second-order valence-electron chi connectivity index (χ2n) is 10.3. The molecule has 0 saturated carbocycles. The summed E-state index contributed by atoms with van der Waals surface area (Å²) >= 11 is 0. The largest absolute Gasteiger partial charge is 0.412 e. The lowest BCUT2D eigenvalue weighted by Gasteiger charge is -2.32. The van der Waals surface area contributed by atoms with Crippen LogP contribution in [0.15, 0.2) is 98.2 Å². The van der Waals surface area contributed by atoms with Crippen molar-refractivity contribution >= 4 is 40.0 Å². The molecule has 11 nitrogen and oxygen atoms in total. The van der Waals surface area contributed by atoms with Crippen LogP contribution in [0.25, 0.3) is 33.4 Å². The van der Waals surface area contributed by atoms with Crippen LogP contribution >= 0.6 is 0 Å². The normalized spacial score (nSPS) is 12.8. The summed E-state index contributed by atoms with van der Waals surface area (Å²) in [5.41, 5.74) is 10.2. The minimum Gasteiger partial charge on any atom is -0.412 e. The summed E-state index contributed by atoms with van der Waals surface area (Å²) in [6, 6.07) is 22.1. The number of rotatable bonds is 5. The first-order chi connectivity index (χ1) is 21.8. The molecule has 3 amide bonds. The van der Waals surface area contributed by atoms with Crippen molar-refractivity contribution in [2.45, 2.75) is 0 Å². The number of anilines is 3. The van der Waals surface area contributed by atoms with Crippen molar-refractivity contribution < 1.29 is 22.3 Å². The van der Waals surface area contributed by atoms with E-state index in [0.717, 1.165) is 13.1 Å². The van der Waals surface area contributed by atoms with Gasteiger partial charge in [-0.3, -0.25) is 4.79 Å². The summed E-state index contributed by atoms with van der Waals surface area (Å²) in [5.74, 6) is 0.126. The highest BCUT2D eigenvalue weighted by molar-refractivity contribution is 6.00. The van der Waals surface area contributed by atoms with E-state index in [1.165, 1.54) is 6.20 Å². The van der Waals surface area contributed by atoms with Gasteiger partial charge in [-0.15, -0.1) is 13.2 Å². The Labute approximate surface area is 268 Å². The zero-order chi connectivity index (χ0) is 31.9. The molecule has 3 heterocycles. The van der Waals surface area contributed by atoms with Gasteiger partial charge < -0.3 is 31.6 Å². The van der Waals surface area contributed by atoms with Crippen molar-refractivity contribution in [3.8, 4) is 22.5 Å². The van der Waals surface area contributed by atoms with Gasteiger partial charge in [0.1, 0.15) is 5.82 Å². The Hall–Kier alpha value is -5.72. The summed E-state index contributed by atoms with van der Waals surface area (Å²) in [6.45, 7) is 9.11. The number of hydrogen-bond donors (Lipinski definition) is 3. The number of urea groups is 1. The maximum Gasteiger partial charge on any atom is 0.323 e. The number of carbonyl (C=O) groups excluding carboxylic acids is 2. The minimum atomic E-state index is -0.565. The zero-order valence-corrected chi connectivity index (χ0v) is 25.3. The van der Waals surface area contributed by atoms with Gasteiger partial charge >= 0.3 is 6.03 Å². The summed E-state index contributed by atoms with van der Waals surface area (Å²) in [4.78, 5) is 42.2. The number of halogens is 1. The van der Waals surface area contributed by atoms with Gasteiger partial charge in [-0.2, -0.15) is 4.39 Å². The Morgan fingerprint density at radius 1 is 0.870 bits per heavy atom. The van der Waals surface area contributed by atoms with E-state index in [1.807, 2.05) is 11.9 Å². The molecule has 1 aliphatic rings. The first-order valence-corrected chi connectivity index (χ1v) is 14.3. The van der Waals surface area contributed by atoms with E-state index in [2.05, 4.69) is 43.6 Å². The van der Waals surface area contributed by atoms with Crippen LogP contribution in [0.5, 0.6) is 0 Å². The zero-order valence-electron chi connectivity index (χ0n) is 25.3. The first-order valence-electron chi connectivity index (χ1n) is 14.3. The Morgan fingerprint density at radius 2 is 1.48 bits per heavy atom. The third kappa shape index (κ3) is 7.49. The van der Waals surface area contributed by atoms with Crippen LogP contribution in [0.2, 0.25) is 0 Å². The molecule has 1 fully saturated rings. The van der Waals surface area contributed by atoms with Crippen LogP contribution in [-0.4, -0.2) is 75.4 Å². The second kappa shape index (κ2) is 14.8. The number of fused-ring (bicyclic) bond motifs is 1. The molecule has 0 bridgehead atoms. The molecule has 6 N–H and O–H groups in total. The second-order valence-corrected chi connectivity index (χ2v) is 10.3. The van der Waals surface area contributed by atoms with Crippen molar-refractivity contribution in [2.24, 2.45) is 0 Å². The number of benzene rings is 3. The van der Waals surface area contributed by atoms with Gasteiger partial charge in [-0.25, -0.2) is 19.7 Å². The number of nitrogens with zero attached hydrogens (tertiary/aromatic N) is 5. The maximum absolute atomic E-state index is 14.3. The smallest absolute Gasteiger partial charge is 0.323 e. The van der Waals surface area contributed by atoms with E-state index < -0.39 is 12.0 Å². The van der Waals surface area contributed by atoms with Gasteiger partial charge in [0.15, 0.2) is 5.82 Å². The van der Waals surface area contributed by atoms with Gasteiger partial charge in [-0.05, 0) is 85.4 Å². The Bertz CT molecular complexity index is 1840. The van der Waals surface area contributed by atoms with E-state index in [-0.39, 0.29) is 14.2 Å². The predicted octanol–water partition coefficient (Wildman–Crippen LogP) is 5.58.